The van der Waals surface area contributed by atoms with E-state index in [4.69, 9.17) is 0 Å². The number of anilines is 1. The zero-order chi connectivity index (χ0) is 16.7. The first kappa shape index (κ1) is 14.7. The molecule has 1 aliphatic rings. The van der Waals surface area contributed by atoms with Gasteiger partial charge < -0.3 is 5.32 Å². The zero-order valence-corrected chi connectivity index (χ0v) is 14.1. The Bertz CT molecular complexity index is 919. The Morgan fingerprint density at radius 3 is 2.50 bits per heavy atom. The summed E-state index contributed by atoms with van der Waals surface area (Å²) in [6, 6.07) is 15.2. The molecule has 24 heavy (non-hydrogen) atoms. The van der Waals surface area contributed by atoms with E-state index in [2.05, 4.69) is 84.7 Å². The lowest BCUT2D eigenvalue weighted by atomic mass is 9.99. The van der Waals surface area contributed by atoms with Crippen LogP contribution in [0.15, 0.2) is 54.9 Å². The van der Waals surface area contributed by atoms with Crippen molar-refractivity contribution >= 4 is 11.6 Å². The predicted octanol–water partition coefficient (Wildman–Crippen LogP) is 4.26. The van der Waals surface area contributed by atoms with Crippen molar-refractivity contribution in [2.45, 2.75) is 26.8 Å². The third-order valence-corrected chi connectivity index (χ3v) is 4.64. The molecule has 0 saturated heterocycles. The van der Waals surface area contributed by atoms with E-state index < -0.39 is 0 Å². The van der Waals surface area contributed by atoms with Crippen LogP contribution < -0.4 is 5.32 Å². The molecule has 0 radical (unpaired) electrons. The molecule has 0 spiro atoms. The summed E-state index contributed by atoms with van der Waals surface area (Å²) in [6.45, 7) is 6.37. The first-order valence-electron chi connectivity index (χ1n) is 8.14. The van der Waals surface area contributed by atoms with Gasteiger partial charge in [0.2, 0.25) is 5.95 Å². The highest BCUT2D eigenvalue weighted by Crippen LogP contribution is 2.32. The fourth-order valence-corrected chi connectivity index (χ4v) is 3.01. The lowest BCUT2D eigenvalue weighted by Gasteiger charge is -2.24. The standard InChI is InChI=1S/C20H20N4/c1-13-4-7-16(8-5-13)19-11-18(23-20-21-12-22-24(19)20)17-9-6-14(2)15(3)10-17/h4-12,19H,1-3H3,(H,21,22,23)/t19-/m0/s1. The van der Waals surface area contributed by atoms with Crippen LogP contribution in [0.25, 0.3) is 5.70 Å². The van der Waals surface area contributed by atoms with Crippen molar-refractivity contribution in [2.75, 3.05) is 5.32 Å². The summed E-state index contributed by atoms with van der Waals surface area (Å²) in [6.07, 6.45) is 3.82. The molecule has 1 atom stereocenters. The number of benzene rings is 2. The molecular weight excluding hydrogens is 296 g/mol. The van der Waals surface area contributed by atoms with Gasteiger partial charge in [-0.15, -0.1) is 0 Å². The Morgan fingerprint density at radius 2 is 1.75 bits per heavy atom. The molecule has 1 N–H and O–H groups in total. The maximum absolute atomic E-state index is 4.40. The molecule has 4 rings (SSSR count). The van der Waals surface area contributed by atoms with Crippen LogP contribution in [-0.4, -0.2) is 14.8 Å². The second-order valence-electron chi connectivity index (χ2n) is 6.39. The molecular formula is C20H20N4. The number of rotatable bonds is 2. The normalized spacial score (nSPS) is 16.3. The van der Waals surface area contributed by atoms with E-state index in [0.29, 0.717) is 0 Å². The fourth-order valence-electron chi connectivity index (χ4n) is 3.01. The minimum Gasteiger partial charge on any atom is -0.324 e. The maximum atomic E-state index is 4.40. The van der Waals surface area contributed by atoms with Crippen LogP contribution in [0.2, 0.25) is 0 Å². The molecule has 0 bridgehead atoms. The average Bonchev–Trinajstić information content (AvgIpc) is 3.06. The summed E-state index contributed by atoms with van der Waals surface area (Å²) in [7, 11) is 0. The number of aromatic nitrogens is 3. The molecule has 4 nitrogen and oxygen atoms in total. The Balaban J connectivity index is 1.81. The quantitative estimate of drug-likeness (QED) is 0.768. The summed E-state index contributed by atoms with van der Waals surface area (Å²) in [5.41, 5.74) is 7.29. The molecule has 1 aliphatic heterocycles. The number of hydrogen-bond donors (Lipinski definition) is 1. The Kier molecular flexibility index (Phi) is 3.45. The smallest absolute Gasteiger partial charge is 0.226 e. The third kappa shape index (κ3) is 2.50. The maximum Gasteiger partial charge on any atom is 0.226 e. The second-order valence-corrected chi connectivity index (χ2v) is 6.39. The van der Waals surface area contributed by atoms with Crippen molar-refractivity contribution in [3.8, 4) is 0 Å². The van der Waals surface area contributed by atoms with Gasteiger partial charge in [0.05, 0.1) is 0 Å². The monoisotopic (exact) mass is 316 g/mol. The highest BCUT2D eigenvalue weighted by molar-refractivity contribution is 5.77. The van der Waals surface area contributed by atoms with Gasteiger partial charge in [0.1, 0.15) is 12.4 Å². The van der Waals surface area contributed by atoms with E-state index in [0.717, 1.165) is 11.6 Å². The van der Waals surface area contributed by atoms with Crippen LogP contribution >= 0.6 is 0 Å². The number of nitrogens with zero attached hydrogens (tertiary/aromatic N) is 3. The molecule has 0 amide bonds. The number of allylic oxidation sites excluding steroid dienone is 1. The minimum absolute atomic E-state index is 0.0426. The predicted molar refractivity (Wildman–Crippen MR) is 96.9 cm³/mol. The summed E-state index contributed by atoms with van der Waals surface area (Å²) in [4.78, 5) is 4.37. The van der Waals surface area contributed by atoms with Crippen LogP contribution in [0, 0.1) is 20.8 Å². The molecule has 0 fully saturated rings. The van der Waals surface area contributed by atoms with Gasteiger partial charge in [-0.25, -0.2) is 4.68 Å². The van der Waals surface area contributed by atoms with Crippen LogP contribution in [0.4, 0.5) is 5.95 Å². The minimum atomic E-state index is 0.0426. The number of aryl methyl sites for hydroxylation is 3. The van der Waals surface area contributed by atoms with Crippen molar-refractivity contribution in [1.29, 1.82) is 0 Å². The lowest BCUT2D eigenvalue weighted by Crippen LogP contribution is -2.20. The van der Waals surface area contributed by atoms with Gasteiger partial charge in [-0.3, -0.25) is 0 Å². The van der Waals surface area contributed by atoms with Gasteiger partial charge in [0.15, 0.2) is 0 Å². The van der Waals surface area contributed by atoms with Crippen LogP contribution in [0.5, 0.6) is 0 Å². The van der Waals surface area contributed by atoms with Crippen molar-refractivity contribution in [2.24, 2.45) is 0 Å². The van der Waals surface area contributed by atoms with E-state index in [1.54, 1.807) is 6.33 Å². The second kappa shape index (κ2) is 5.64. The SMILES string of the molecule is Cc1ccc([C@@H]2C=C(c3ccc(C)c(C)c3)Nc3ncnn32)cc1. The molecule has 3 aromatic rings. The number of fused-ring (bicyclic) bond motifs is 1. The molecule has 0 unspecified atom stereocenters. The van der Waals surface area contributed by atoms with Crippen molar-refractivity contribution in [3.05, 3.63) is 82.7 Å². The topological polar surface area (TPSA) is 42.7 Å². The van der Waals surface area contributed by atoms with Crippen molar-refractivity contribution < 1.29 is 0 Å². The molecule has 4 heteroatoms. The fraction of sp³-hybridized carbons (Fsp3) is 0.200. The van der Waals surface area contributed by atoms with Gasteiger partial charge in [-0.2, -0.15) is 10.1 Å². The van der Waals surface area contributed by atoms with E-state index in [1.807, 2.05) is 4.68 Å². The number of nitrogens with one attached hydrogen (secondary N) is 1. The largest absolute Gasteiger partial charge is 0.324 e. The lowest BCUT2D eigenvalue weighted by molar-refractivity contribution is 0.612. The van der Waals surface area contributed by atoms with Crippen LogP contribution in [0.3, 0.4) is 0 Å². The Morgan fingerprint density at radius 1 is 0.958 bits per heavy atom. The Hall–Kier alpha value is -2.88. The van der Waals surface area contributed by atoms with E-state index >= 15 is 0 Å². The zero-order valence-electron chi connectivity index (χ0n) is 14.1. The molecule has 2 aromatic carbocycles. The first-order chi connectivity index (χ1) is 11.6. The van der Waals surface area contributed by atoms with E-state index in [-0.39, 0.29) is 6.04 Å². The first-order valence-corrected chi connectivity index (χ1v) is 8.14. The summed E-state index contributed by atoms with van der Waals surface area (Å²) < 4.78 is 1.93. The number of hydrogen-bond acceptors (Lipinski definition) is 3. The highest BCUT2D eigenvalue weighted by atomic mass is 15.4. The third-order valence-electron chi connectivity index (χ3n) is 4.64. The Labute approximate surface area is 141 Å². The van der Waals surface area contributed by atoms with Crippen molar-refractivity contribution in [3.63, 3.8) is 0 Å². The molecule has 2 heterocycles. The van der Waals surface area contributed by atoms with Gasteiger partial charge in [0, 0.05) is 5.70 Å². The highest BCUT2D eigenvalue weighted by Gasteiger charge is 2.23. The average molecular weight is 316 g/mol. The molecule has 1 aromatic heterocycles. The van der Waals surface area contributed by atoms with Gasteiger partial charge in [-0.05, 0) is 55.2 Å². The summed E-state index contributed by atoms with van der Waals surface area (Å²) in [5.74, 6) is 0.774. The van der Waals surface area contributed by atoms with Gasteiger partial charge in [0.25, 0.3) is 0 Å². The van der Waals surface area contributed by atoms with Gasteiger partial charge >= 0.3 is 0 Å². The molecule has 0 saturated carbocycles. The van der Waals surface area contributed by atoms with Crippen LogP contribution in [-0.2, 0) is 0 Å². The summed E-state index contributed by atoms with van der Waals surface area (Å²) in [5, 5.41) is 7.80. The van der Waals surface area contributed by atoms with Crippen molar-refractivity contribution in [1.82, 2.24) is 14.8 Å². The summed E-state index contributed by atoms with van der Waals surface area (Å²) >= 11 is 0. The molecule has 120 valence electrons. The van der Waals surface area contributed by atoms with Gasteiger partial charge in [-0.1, -0.05) is 42.0 Å². The van der Waals surface area contributed by atoms with E-state index in [9.17, 15) is 0 Å². The van der Waals surface area contributed by atoms with Crippen LogP contribution in [0.1, 0.15) is 33.9 Å². The van der Waals surface area contributed by atoms with E-state index in [1.165, 1.54) is 27.8 Å². The molecule has 0 aliphatic carbocycles.